The molecule has 2 heterocycles. The topological polar surface area (TPSA) is 94.5 Å². The lowest BCUT2D eigenvalue weighted by Gasteiger charge is -2.09. The number of aromatic nitrogens is 3. The van der Waals surface area contributed by atoms with E-state index in [2.05, 4.69) is 28.6 Å². The fourth-order valence-electron chi connectivity index (χ4n) is 2.19. The van der Waals surface area contributed by atoms with E-state index < -0.39 is 0 Å². The van der Waals surface area contributed by atoms with Crippen molar-refractivity contribution in [3.63, 3.8) is 0 Å². The summed E-state index contributed by atoms with van der Waals surface area (Å²) in [5, 5.41) is 7.22. The molecule has 1 aromatic carbocycles. The molecule has 0 saturated heterocycles. The van der Waals surface area contributed by atoms with Gasteiger partial charge in [0.2, 0.25) is 6.41 Å². The molecule has 27 heavy (non-hydrogen) atoms. The fourth-order valence-corrected chi connectivity index (χ4v) is 2.38. The Hall–Kier alpha value is -3.32. The Bertz CT molecular complexity index is 997. The van der Waals surface area contributed by atoms with Crippen LogP contribution in [0.3, 0.4) is 0 Å². The quantitative estimate of drug-likeness (QED) is 0.517. The first-order valence-electron chi connectivity index (χ1n) is 7.87. The minimum absolute atomic E-state index is 0.422. The molecule has 0 saturated carbocycles. The molecule has 0 aliphatic carbocycles. The summed E-state index contributed by atoms with van der Waals surface area (Å²) in [5.41, 5.74) is 9.81. The third-order valence-electron chi connectivity index (χ3n) is 3.60. The van der Waals surface area contributed by atoms with Gasteiger partial charge in [0.05, 0.1) is 35.4 Å². The van der Waals surface area contributed by atoms with E-state index in [0.29, 0.717) is 40.0 Å². The van der Waals surface area contributed by atoms with Crippen LogP contribution in [0.5, 0.6) is 0 Å². The first kappa shape index (κ1) is 20.0. The van der Waals surface area contributed by atoms with Crippen molar-refractivity contribution in [3.05, 3.63) is 71.7 Å². The number of para-hydroxylation sites is 1. The second-order valence-corrected chi connectivity index (χ2v) is 5.89. The number of hydrogen-bond donors (Lipinski definition) is 2. The Labute approximate surface area is 162 Å². The van der Waals surface area contributed by atoms with Crippen LogP contribution in [0.2, 0.25) is 5.02 Å². The summed E-state index contributed by atoms with van der Waals surface area (Å²) >= 11 is 5.68. The van der Waals surface area contributed by atoms with Crippen molar-refractivity contribution in [3.8, 4) is 0 Å². The number of rotatable bonds is 5. The van der Waals surface area contributed by atoms with Gasteiger partial charge in [-0.15, -0.1) is 0 Å². The molecule has 1 amide bonds. The van der Waals surface area contributed by atoms with Crippen molar-refractivity contribution in [2.24, 2.45) is 5.73 Å². The average Bonchev–Trinajstić information content (AvgIpc) is 3.04. The lowest BCUT2D eigenvalue weighted by molar-refractivity contribution is -0.105. The summed E-state index contributed by atoms with van der Waals surface area (Å²) in [7, 11) is 1.55. The molecule has 0 aliphatic heterocycles. The van der Waals surface area contributed by atoms with Crippen LogP contribution in [0, 0.1) is 6.92 Å². The van der Waals surface area contributed by atoms with Crippen LogP contribution in [0.25, 0.3) is 17.1 Å². The van der Waals surface area contributed by atoms with Crippen LogP contribution in [-0.2, 0) is 9.53 Å². The number of aryl methyl sites for hydroxylation is 1. The maximum Gasteiger partial charge on any atom is 0.211 e. The predicted molar refractivity (Wildman–Crippen MR) is 108 cm³/mol. The zero-order valence-corrected chi connectivity index (χ0v) is 15.8. The smallest absolute Gasteiger partial charge is 0.211 e. The van der Waals surface area contributed by atoms with Crippen molar-refractivity contribution in [2.75, 3.05) is 12.4 Å². The monoisotopic (exact) mass is 385 g/mol. The van der Waals surface area contributed by atoms with Crippen LogP contribution in [0.15, 0.2) is 49.7 Å². The van der Waals surface area contributed by atoms with E-state index in [1.165, 1.54) is 0 Å². The van der Waals surface area contributed by atoms with E-state index in [9.17, 15) is 4.79 Å². The second-order valence-electron chi connectivity index (χ2n) is 5.48. The van der Waals surface area contributed by atoms with Crippen LogP contribution < -0.4 is 11.1 Å². The van der Waals surface area contributed by atoms with E-state index in [0.717, 1.165) is 11.2 Å². The Morgan fingerprint density at radius 1 is 1.37 bits per heavy atom. The van der Waals surface area contributed by atoms with Gasteiger partial charge in [0.15, 0.2) is 5.65 Å². The molecule has 3 N–H and O–H groups in total. The van der Waals surface area contributed by atoms with Crippen molar-refractivity contribution < 1.29 is 9.53 Å². The van der Waals surface area contributed by atoms with Crippen molar-refractivity contribution >= 4 is 40.8 Å². The van der Waals surface area contributed by atoms with E-state index in [-0.39, 0.29) is 0 Å². The lowest BCUT2D eigenvalue weighted by atomic mass is 10.2. The summed E-state index contributed by atoms with van der Waals surface area (Å²) in [4.78, 5) is 14.4. The number of nitrogens with zero attached hydrogens (tertiary/aromatic N) is 3. The Balaban J connectivity index is 0.000000223. The Morgan fingerprint density at radius 3 is 2.67 bits per heavy atom. The van der Waals surface area contributed by atoms with Gasteiger partial charge in [0.25, 0.3) is 0 Å². The van der Waals surface area contributed by atoms with Crippen molar-refractivity contribution in [1.29, 1.82) is 0 Å². The fraction of sp³-hybridized carbons (Fsp3) is 0.105. The standard InChI is InChI=1S/C12H14N4O.C7H6ClNO/c1-7-6-14-16-11(8(2)13)5-10(9(3)17-4)15-12(7)16;8-6-3-1-2-4-7(6)9-5-10/h5-6H,2-3,13H2,1,4H3;1-5H,(H,9,10). The van der Waals surface area contributed by atoms with Crippen molar-refractivity contribution in [2.45, 2.75) is 6.92 Å². The van der Waals surface area contributed by atoms with Gasteiger partial charge in [-0.05, 0) is 25.1 Å². The summed E-state index contributed by atoms with van der Waals surface area (Å²) in [5.74, 6) is 0.482. The minimum atomic E-state index is 0.422. The molecule has 0 bridgehead atoms. The summed E-state index contributed by atoms with van der Waals surface area (Å²) in [6.07, 6.45) is 2.33. The number of benzene rings is 1. The number of carbonyl (C=O) groups excluding carboxylic acids is 1. The lowest BCUT2D eigenvalue weighted by Crippen LogP contribution is -2.07. The molecule has 8 heteroatoms. The van der Waals surface area contributed by atoms with Gasteiger partial charge in [-0.3, -0.25) is 4.79 Å². The molecule has 0 radical (unpaired) electrons. The average molecular weight is 386 g/mol. The molecule has 0 atom stereocenters. The number of fused-ring (bicyclic) bond motifs is 1. The summed E-state index contributed by atoms with van der Waals surface area (Å²) < 4.78 is 6.74. The van der Waals surface area contributed by atoms with Gasteiger partial charge in [-0.2, -0.15) is 5.10 Å². The van der Waals surface area contributed by atoms with E-state index in [1.54, 1.807) is 48.2 Å². The molecule has 140 valence electrons. The molecule has 0 unspecified atom stereocenters. The second kappa shape index (κ2) is 8.86. The number of anilines is 1. The highest BCUT2D eigenvalue weighted by atomic mass is 35.5. The highest BCUT2D eigenvalue weighted by Crippen LogP contribution is 2.20. The minimum Gasteiger partial charge on any atom is -0.495 e. The molecule has 0 spiro atoms. The van der Waals surface area contributed by atoms with E-state index in [4.69, 9.17) is 22.1 Å². The zero-order chi connectivity index (χ0) is 20.0. The largest absolute Gasteiger partial charge is 0.495 e. The van der Waals surface area contributed by atoms with Gasteiger partial charge >= 0.3 is 0 Å². The molecule has 3 aromatic rings. The van der Waals surface area contributed by atoms with Gasteiger partial charge in [-0.1, -0.05) is 36.9 Å². The normalized spacial score (nSPS) is 9.89. The molecule has 7 nitrogen and oxygen atoms in total. The zero-order valence-electron chi connectivity index (χ0n) is 15.1. The molecule has 3 rings (SSSR count). The number of nitrogens with one attached hydrogen (secondary N) is 1. The van der Waals surface area contributed by atoms with Gasteiger partial charge in [0, 0.05) is 5.56 Å². The highest BCUT2D eigenvalue weighted by Gasteiger charge is 2.12. The van der Waals surface area contributed by atoms with E-state index in [1.807, 2.05) is 6.92 Å². The van der Waals surface area contributed by atoms with Gasteiger partial charge in [-0.25, -0.2) is 9.50 Å². The maximum atomic E-state index is 9.96. The van der Waals surface area contributed by atoms with Crippen LogP contribution in [0.4, 0.5) is 5.69 Å². The molecule has 0 aliphatic rings. The summed E-state index contributed by atoms with van der Waals surface area (Å²) in [6.45, 7) is 9.44. The SMILES string of the molecule is C=C(OC)c1cc(C(=C)N)n2ncc(C)c2n1.O=CNc1ccccc1Cl. The molecule has 2 aromatic heterocycles. The van der Waals surface area contributed by atoms with Gasteiger partial charge in [0.1, 0.15) is 11.5 Å². The third-order valence-corrected chi connectivity index (χ3v) is 3.93. The first-order valence-corrected chi connectivity index (χ1v) is 8.25. The molecular formula is C19H20ClN5O2. The van der Waals surface area contributed by atoms with Crippen LogP contribution >= 0.6 is 11.6 Å². The Kier molecular flexibility index (Phi) is 6.56. The van der Waals surface area contributed by atoms with Crippen LogP contribution in [-0.4, -0.2) is 28.1 Å². The van der Waals surface area contributed by atoms with E-state index >= 15 is 0 Å². The number of ether oxygens (including phenoxy) is 1. The Morgan fingerprint density at radius 2 is 2.07 bits per heavy atom. The molecule has 0 fully saturated rings. The number of halogens is 1. The van der Waals surface area contributed by atoms with Gasteiger partial charge < -0.3 is 15.8 Å². The maximum absolute atomic E-state index is 9.96. The van der Waals surface area contributed by atoms with Crippen molar-refractivity contribution in [1.82, 2.24) is 14.6 Å². The molecular weight excluding hydrogens is 366 g/mol. The van der Waals surface area contributed by atoms with Crippen LogP contribution in [0.1, 0.15) is 17.0 Å². The summed E-state index contributed by atoms with van der Waals surface area (Å²) in [6, 6.07) is 8.81. The number of methoxy groups -OCH3 is 1. The number of amides is 1. The number of hydrogen-bond acceptors (Lipinski definition) is 5. The first-order chi connectivity index (χ1) is 12.9. The predicted octanol–water partition coefficient (Wildman–Crippen LogP) is 3.49. The number of carbonyl (C=O) groups is 1. The highest BCUT2D eigenvalue weighted by molar-refractivity contribution is 6.33. The third kappa shape index (κ3) is 4.65. The number of nitrogens with two attached hydrogens (primary N) is 1.